The standard InChI is InChI=1S/C12H26N2/c1-10(8-13-5)11(2)14-7-6-12(3,4)9-14/h10-11,13H,6-9H2,1-5H3. The minimum atomic E-state index is 0.535. The molecule has 2 atom stereocenters. The molecular weight excluding hydrogens is 172 g/mol. The Morgan fingerprint density at radius 2 is 2.00 bits per heavy atom. The lowest BCUT2D eigenvalue weighted by Gasteiger charge is -2.30. The molecule has 1 rings (SSSR count). The molecule has 0 amide bonds. The second-order valence-corrected chi connectivity index (χ2v) is 5.66. The predicted molar refractivity (Wildman–Crippen MR) is 62.5 cm³/mol. The first kappa shape index (κ1) is 12.0. The third-order valence-corrected chi connectivity index (χ3v) is 3.63. The number of likely N-dealkylation sites (tertiary alicyclic amines) is 1. The molecule has 0 aromatic rings. The highest BCUT2D eigenvalue weighted by atomic mass is 15.2. The number of nitrogens with one attached hydrogen (secondary N) is 1. The molecule has 0 aromatic carbocycles. The molecule has 1 heterocycles. The Morgan fingerprint density at radius 1 is 1.36 bits per heavy atom. The summed E-state index contributed by atoms with van der Waals surface area (Å²) in [5, 5.41) is 3.27. The van der Waals surface area contributed by atoms with Crippen molar-refractivity contribution in [2.24, 2.45) is 11.3 Å². The molecule has 1 aliphatic rings. The lowest BCUT2D eigenvalue weighted by Crippen LogP contribution is -2.40. The fourth-order valence-corrected chi connectivity index (χ4v) is 2.35. The molecule has 2 nitrogen and oxygen atoms in total. The van der Waals surface area contributed by atoms with Gasteiger partial charge in [-0.2, -0.15) is 0 Å². The molecule has 84 valence electrons. The van der Waals surface area contributed by atoms with E-state index in [0.717, 1.165) is 12.5 Å². The Hall–Kier alpha value is -0.0800. The summed E-state index contributed by atoms with van der Waals surface area (Å²) in [7, 11) is 2.04. The van der Waals surface area contributed by atoms with E-state index in [-0.39, 0.29) is 0 Å². The Bertz CT molecular complexity index is 177. The van der Waals surface area contributed by atoms with E-state index in [1.165, 1.54) is 19.5 Å². The van der Waals surface area contributed by atoms with Gasteiger partial charge in [-0.1, -0.05) is 20.8 Å². The quantitative estimate of drug-likeness (QED) is 0.743. The van der Waals surface area contributed by atoms with E-state index in [4.69, 9.17) is 0 Å². The summed E-state index contributed by atoms with van der Waals surface area (Å²) in [6.07, 6.45) is 1.35. The normalized spacial score (nSPS) is 26.4. The number of hydrogen-bond acceptors (Lipinski definition) is 2. The van der Waals surface area contributed by atoms with E-state index >= 15 is 0 Å². The number of nitrogens with zero attached hydrogens (tertiary/aromatic N) is 1. The zero-order chi connectivity index (χ0) is 10.8. The highest BCUT2D eigenvalue weighted by molar-refractivity contribution is 4.87. The highest BCUT2D eigenvalue weighted by Crippen LogP contribution is 2.31. The van der Waals surface area contributed by atoms with Gasteiger partial charge in [0.05, 0.1) is 0 Å². The van der Waals surface area contributed by atoms with Crippen molar-refractivity contribution in [2.75, 3.05) is 26.7 Å². The molecule has 0 radical (unpaired) electrons. The summed E-state index contributed by atoms with van der Waals surface area (Å²) in [5.41, 5.74) is 0.535. The molecule has 0 spiro atoms. The van der Waals surface area contributed by atoms with Crippen molar-refractivity contribution in [1.29, 1.82) is 0 Å². The van der Waals surface area contributed by atoms with E-state index in [1.807, 2.05) is 7.05 Å². The largest absolute Gasteiger partial charge is 0.319 e. The SMILES string of the molecule is CNCC(C)C(C)N1CCC(C)(C)C1. The number of rotatable bonds is 4. The van der Waals surface area contributed by atoms with Crippen molar-refractivity contribution in [3.8, 4) is 0 Å². The molecule has 1 N–H and O–H groups in total. The molecule has 0 saturated carbocycles. The minimum Gasteiger partial charge on any atom is -0.319 e. The average molecular weight is 198 g/mol. The monoisotopic (exact) mass is 198 g/mol. The van der Waals surface area contributed by atoms with E-state index in [1.54, 1.807) is 0 Å². The van der Waals surface area contributed by atoms with Gasteiger partial charge in [0.15, 0.2) is 0 Å². The maximum absolute atomic E-state index is 3.27. The molecule has 0 aromatic heterocycles. The zero-order valence-corrected chi connectivity index (χ0v) is 10.4. The lowest BCUT2D eigenvalue weighted by molar-refractivity contribution is 0.179. The van der Waals surface area contributed by atoms with Gasteiger partial charge in [0.1, 0.15) is 0 Å². The van der Waals surface area contributed by atoms with Gasteiger partial charge >= 0.3 is 0 Å². The van der Waals surface area contributed by atoms with E-state index in [2.05, 4.69) is 37.9 Å². The molecular formula is C12H26N2. The molecule has 14 heavy (non-hydrogen) atoms. The molecule has 1 fully saturated rings. The molecule has 1 saturated heterocycles. The van der Waals surface area contributed by atoms with E-state index in [9.17, 15) is 0 Å². The van der Waals surface area contributed by atoms with Crippen molar-refractivity contribution in [3.63, 3.8) is 0 Å². The zero-order valence-electron chi connectivity index (χ0n) is 10.4. The summed E-state index contributed by atoms with van der Waals surface area (Å²) in [6, 6.07) is 0.712. The van der Waals surface area contributed by atoms with Crippen LogP contribution in [0, 0.1) is 11.3 Å². The highest BCUT2D eigenvalue weighted by Gasteiger charge is 2.32. The average Bonchev–Trinajstić information content (AvgIpc) is 2.45. The maximum Gasteiger partial charge on any atom is 0.0105 e. The first-order valence-electron chi connectivity index (χ1n) is 5.85. The third kappa shape index (κ3) is 2.96. The van der Waals surface area contributed by atoms with Gasteiger partial charge in [-0.05, 0) is 44.8 Å². The first-order chi connectivity index (χ1) is 6.46. The van der Waals surface area contributed by atoms with Crippen LogP contribution in [0.5, 0.6) is 0 Å². The second kappa shape index (κ2) is 4.63. The van der Waals surface area contributed by atoms with Crippen molar-refractivity contribution < 1.29 is 0 Å². The van der Waals surface area contributed by atoms with Crippen molar-refractivity contribution in [3.05, 3.63) is 0 Å². The summed E-state index contributed by atoms with van der Waals surface area (Å²) >= 11 is 0. The first-order valence-corrected chi connectivity index (χ1v) is 5.85. The summed E-state index contributed by atoms with van der Waals surface area (Å²) in [5.74, 6) is 0.744. The van der Waals surface area contributed by atoms with Gasteiger partial charge in [-0.15, -0.1) is 0 Å². The Morgan fingerprint density at radius 3 is 2.43 bits per heavy atom. The van der Waals surface area contributed by atoms with Crippen molar-refractivity contribution in [2.45, 2.75) is 40.2 Å². The smallest absolute Gasteiger partial charge is 0.0105 e. The van der Waals surface area contributed by atoms with E-state index < -0.39 is 0 Å². The fraction of sp³-hybridized carbons (Fsp3) is 1.00. The van der Waals surface area contributed by atoms with Crippen LogP contribution in [0.1, 0.15) is 34.1 Å². The van der Waals surface area contributed by atoms with E-state index in [0.29, 0.717) is 11.5 Å². The molecule has 2 unspecified atom stereocenters. The Kier molecular flexibility index (Phi) is 3.96. The van der Waals surface area contributed by atoms with Crippen molar-refractivity contribution in [1.82, 2.24) is 10.2 Å². The molecule has 1 aliphatic heterocycles. The Balaban J connectivity index is 2.42. The Labute approximate surface area is 89.1 Å². The van der Waals surface area contributed by atoms with Gasteiger partial charge in [0.2, 0.25) is 0 Å². The van der Waals surface area contributed by atoms with Crippen LogP contribution in [-0.2, 0) is 0 Å². The van der Waals surface area contributed by atoms with Gasteiger partial charge in [-0.25, -0.2) is 0 Å². The van der Waals surface area contributed by atoms with Crippen LogP contribution >= 0.6 is 0 Å². The van der Waals surface area contributed by atoms with Crippen molar-refractivity contribution >= 4 is 0 Å². The van der Waals surface area contributed by atoms with Crippen LogP contribution in [0.2, 0.25) is 0 Å². The summed E-state index contributed by atoms with van der Waals surface area (Å²) in [4.78, 5) is 2.64. The fourth-order valence-electron chi connectivity index (χ4n) is 2.35. The third-order valence-electron chi connectivity index (χ3n) is 3.63. The lowest BCUT2D eigenvalue weighted by atomic mass is 9.93. The number of hydrogen-bond donors (Lipinski definition) is 1. The summed E-state index contributed by atoms with van der Waals surface area (Å²) in [6.45, 7) is 13.1. The van der Waals surface area contributed by atoms with Crippen LogP contribution in [0.4, 0.5) is 0 Å². The van der Waals surface area contributed by atoms with Crippen LogP contribution < -0.4 is 5.32 Å². The second-order valence-electron chi connectivity index (χ2n) is 5.66. The maximum atomic E-state index is 3.27. The van der Waals surface area contributed by atoms with Gasteiger partial charge in [-0.3, -0.25) is 4.90 Å². The molecule has 0 bridgehead atoms. The summed E-state index contributed by atoms with van der Waals surface area (Å²) < 4.78 is 0. The van der Waals surface area contributed by atoms with Crippen LogP contribution in [0.3, 0.4) is 0 Å². The van der Waals surface area contributed by atoms with Gasteiger partial charge in [0, 0.05) is 12.6 Å². The van der Waals surface area contributed by atoms with Gasteiger partial charge < -0.3 is 5.32 Å². The topological polar surface area (TPSA) is 15.3 Å². The van der Waals surface area contributed by atoms with Crippen LogP contribution in [0.15, 0.2) is 0 Å². The van der Waals surface area contributed by atoms with Crippen LogP contribution in [-0.4, -0.2) is 37.6 Å². The predicted octanol–water partition coefficient (Wildman–Crippen LogP) is 1.96. The minimum absolute atomic E-state index is 0.535. The molecule has 2 heteroatoms. The van der Waals surface area contributed by atoms with Gasteiger partial charge in [0.25, 0.3) is 0 Å². The molecule has 0 aliphatic carbocycles. The van der Waals surface area contributed by atoms with Crippen LogP contribution in [0.25, 0.3) is 0 Å².